The number of aliphatic hydroxyl groups excluding tert-OH is 2. The smallest absolute Gasteiger partial charge is 0.191 e. The highest BCUT2D eigenvalue weighted by Gasteiger charge is 2.22. The van der Waals surface area contributed by atoms with E-state index < -0.39 is 6.23 Å². The first kappa shape index (κ1) is 13.2. The van der Waals surface area contributed by atoms with Crippen LogP contribution in [0.3, 0.4) is 0 Å². The lowest BCUT2D eigenvalue weighted by Crippen LogP contribution is -2.55. The van der Waals surface area contributed by atoms with Crippen LogP contribution in [-0.4, -0.2) is 62.5 Å². The third kappa shape index (κ3) is 4.31. The van der Waals surface area contributed by atoms with Crippen LogP contribution in [0, 0.1) is 5.92 Å². The van der Waals surface area contributed by atoms with Gasteiger partial charge >= 0.3 is 0 Å². The van der Waals surface area contributed by atoms with Crippen molar-refractivity contribution in [3.8, 4) is 0 Å². The van der Waals surface area contributed by atoms with Gasteiger partial charge in [0.05, 0.1) is 6.61 Å². The highest BCUT2D eigenvalue weighted by Crippen LogP contribution is 2.02. The van der Waals surface area contributed by atoms with Gasteiger partial charge in [-0.2, -0.15) is 0 Å². The fraction of sp³-hybridized carbons (Fsp3) is 0.889. The summed E-state index contributed by atoms with van der Waals surface area (Å²) in [7, 11) is 1.70. The number of ether oxygens (including phenoxy) is 1. The van der Waals surface area contributed by atoms with E-state index >= 15 is 0 Å². The molecule has 0 aromatic carbocycles. The Hall–Kier alpha value is -0.890. The summed E-state index contributed by atoms with van der Waals surface area (Å²) in [5, 5.41) is 27.2. The van der Waals surface area contributed by atoms with Gasteiger partial charge in [-0.05, 0) is 0 Å². The summed E-state index contributed by atoms with van der Waals surface area (Å²) in [4.78, 5) is 3.97. The molecule has 1 atom stereocenters. The van der Waals surface area contributed by atoms with Gasteiger partial charge in [0.1, 0.15) is 13.0 Å². The summed E-state index contributed by atoms with van der Waals surface area (Å²) in [5.74, 6) is 0.840. The molecule has 1 heterocycles. The van der Waals surface area contributed by atoms with Gasteiger partial charge in [0.2, 0.25) is 0 Å². The number of hydrogen-bond donors (Lipinski definition) is 5. The van der Waals surface area contributed by atoms with Crippen LogP contribution in [-0.2, 0) is 4.74 Å². The summed E-state index contributed by atoms with van der Waals surface area (Å²) in [6.07, 6.45) is -0.597. The normalized spacial score (nSPS) is 22.2. The maximum Gasteiger partial charge on any atom is 0.191 e. The molecule has 1 aliphatic heterocycles. The largest absolute Gasteiger partial charge is 0.378 e. The monoisotopic (exact) mass is 232 g/mol. The third-order valence-electron chi connectivity index (χ3n) is 2.42. The van der Waals surface area contributed by atoms with Gasteiger partial charge in [-0.25, -0.2) is 0 Å². The van der Waals surface area contributed by atoms with Crippen LogP contribution in [0.5, 0.6) is 0 Å². The quantitative estimate of drug-likeness (QED) is 0.260. The first-order chi connectivity index (χ1) is 7.77. The molecule has 0 aromatic heterocycles. The van der Waals surface area contributed by atoms with E-state index in [2.05, 4.69) is 20.9 Å². The van der Waals surface area contributed by atoms with Gasteiger partial charge < -0.3 is 25.6 Å². The summed E-state index contributed by atoms with van der Waals surface area (Å²) in [6, 6.07) is 0. The summed E-state index contributed by atoms with van der Waals surface area (Å²) in [6.45, 7) is 1.94. The van der Waals surface area contributed by atoms with Gasteiger partial charge in [0.15, 0.2) is 5.96 Å². The van der Waals surface area contributed by atoms with Gasteiger partial charge in [0.25, 0.3) is 0 Å². The summed E-state index contributed by atoms with van der Waals surface area (Å²) in [5.41, 5.74) is 0. The van der Waals surface area contributed by atoms with Crippen LogP contribution in [0.15, 0.2) is 4.99 Å². The zero-order chi connectivity index (χ0) is 11.8. The van der Waals surface area contributed by atoms with E-state index in [1.165, 1.54) is 0 Å². The minimum Gasteiger partial charge on any atom is -0.378 e. The van der Waals surface area contributed by atoms with Crippen molar-refractivity contribution in [3.63, 3.8) is 0 Å². The molecule has 16 heavy (non-hydrogen) atoms. The number of guanidine groups is 1. The Kier molecular flexibility index (Phi) is 6.09. The first-order valence-corrected chi connectivity index (χ1v) is 5.32. The van der Waals surface area contributed by atoms with Gasteiger partial charge in [-0.1, -0.05) is 0 Å². The lowest BCUT2D eigenvalue weighted by Gasteiger charge is -2.30. The molecule has 0 amide bonds. The van der Waals surface area contributed by atoms with Gasteiger partial charge in [0, 0.05) is 32.6 Å². The number of rotatable bonds is 6. The van der Waals surface area contributed by atoms with Crippen LogP contribution in [0.4, 0.5) is 0 Å². The second-order valence-corrected chi connectivity index (χ2v) is 3.53. The second kappa shape index (κ2) is 7.39. The number of aliphatic hydroxyl groups is 2. The van der Waals surface area contributed by atoms with Crippen LogP contribution in [0.1, 0.15) is 0 Å². The fourth-order valence-electron chi connectivity index (χ4n) is 1.48. The fourth-order valence-corrected chi connectivity index (χ4v) is 1.48. The molecule has 1 fully saturated rings. The predicted octanol–water partition coefficient (Wildman–Crippen LogP) is -2.34. The van der Waals surface area contributed by atoms with Crippen molar-refractivity contribution >= 4 is 5.96 Å². The minimum absolute atomic E-state index is 0.0830. The van der Waals surface area contributed by atoms with Crippen molar-refractivity contribution in [1.29, 1.82) is 0 Å². The average Bonchev–Trinajstić information content (AvgIpc) is 2.34. The molecule has 1 aliphatic rings. The Morgan fingerprint density at radius 3 is 2.81 bits per heavy atom. The average molecular weight is 232 g/mol. The molecule has 0 unspecified atom stereocenters. The van der Waals surface area contributed by atoms with E-state index in [9.17, 15) is 5.11 Å². The maximum atomic E-state index is 9.78. The van der Waals surface area contributed by atoms with E-state index in [1.54, 1.807) is 7.05 Å². The Labute approximate surface area is 94.9 Å². The van der Waals surface area contributed by atoms with Crippen LogP contribution in [0.2, 0.25) is 0 Å². The standard InChI is InChI=1S/C9H20N4O3/c1-10-9-12-4-7(5-13-9)8(15)11-2-3-16-6-14/h7-8,11,14-15H,2-6H2,1H3,(H2,10,12,13)/t8-/m1/s1. The number of nitrogens with one attached hydrogen (secondary N) is 3. The minimum atomic E-state index is -0.597. The van der Waals surface area contributed by atoms with E-state index in [4.69, 9.17) is 9.84 Å². The molecule has 0 bridgehead atoms. The molecular weight excluding hydrogens is 212 g/mol. The molecule has 7 heteroatoms. The molecule has 0 saturated carbocycles. The van der Waals surface area contributed by atoms with Crippen molar-refractivity contribution in [2.24, 2.45) is 10.9 Å². The van der Waals surface area contributed by atoms with Crippen molar-refractivity contribution in [3.05, 3.63) is 0 Å². The molecule has 7 nitrogen and oxygen atoms in total. The maximum absolute atomic E-state index is 9.78. The number of hydrogen-bond acceptors (Lipinski definition) is 5. The van der Waals surface area contributed by atoms with Crippen LogP contribution < -0.4 is 16.0 Å². The molecule has 5 N–H and O–H groups in total. The van der Waals surface area contributed by atoms with Crippen molar-refractivity contribution in [1.82, 2.24) is 16.0 Å². The molecule has 0 radical (unpaired) electrons. The number of nitrogens with zero attached hydrogens (tertiary/aromatic N) is 1. The SMILES string of the molecule is CN=C1NCC([C@@H](O)NCCOCO)CN1. The van der Waals surface area contributed by atoms with Crippen molar-refractivity contribution < 1.29 is 14.9 Å². The highest BCUT2D eigenvalue weighted by atomic mass is 16.6. The molecule has 0 spiro atoms. The van der Waals surface area contributed by atoms with Gasteiger partial charge in [-0.3, -0.25) is 10.3 Å². The van der Waals surface area contributed by atoms with Crippen molar-refractivity contribution in [2.45, 2.75) is 6.23 Å². The molecular formula is C9H20N4O3. The lowest BCUT2D eigenvalue weighted by atomic mass is 10.1. The second-order valence-electron chi connectivity index (χ2n) is 3.53. The zero-order valence-corrected chi connectivity index (χ0v) is 9.44. The molecule has 1 rings (SSSR count). The lowest BCUT2D eigenvalue weighted by molar-refractivity contribution is -0.00791. The van der Waals surface area contributed by atoms with E-state index in [0.29, 0.717) is 26.2 Å². The molecule has 94 valence electrons. The highest BCUT2D eigenvalue weighted by molar-refractivity contribution is 5.80. The Bertz CT molecular complexity index is 215. The van der Waals surface area contributed by atoms with Crippen molar-refractivity contribution in [2.75, 3.05) is 40.1 Å². The summed E-state index contributed by atoms with van der Waals surface area (Å²) >= 11 is 0. The van der Waals surface area contributed by atoms with Crippen LogP contribution in [0.25, 0.3) is 0 Å². The summed E-state index contributed by atoms with van der Waals surface area (Å²) < 4.78 is 4.74. The predicted molar refractivity (Wildman–Crippen MR) is 59.9 cm³/mol. The molecule has 0 aromatic rings. The number of aliphatic imine (C=N–C) groups is 1. The van der Waals surface area contributed by atoms with E-state index in [0.717, 1.165) is 5.96 Å². The van der Waals surface area contributed by atoms with E-state index in [1.807, 2.05) is 0 Å². The Balaban J connectivity index is 2.15. The first-order valence-electron chi connectivity index (χ1n) is 5.32. The topological polar surface area (TPSA) is 98.1 Å². The Morgan fingerprint density at radius 2 is 2.25 bits per heavy atom. The molecule has 1 saturated heterocycles. The van der Waals surface area contributed by atoms with E-state index in [-0.39, 0.29) is 12.7 Å². The molecule has 0 aliphatic carbocycles. The zero-order valence-electron chi connectivity index (χ0n) is 9.44. The van der Waals surface area contributed by atoms with Crippen LogP contribution >= 0.6 is 0 Å². The van der Waals surface area contributed by atoms with Gasteiger partial charge in [-0.15, -0.1) is 0 Å². The Morgan fingerprint density at radius 1 is 1.56 bits per heavy atom. The third-order valence-corrected chi connectivity index (χ3v) is 2.42.